The number of carboxylic acids is 1. The number of ether oxygens (including phenoxy) is 1. The summed E-state index contributed by atoms with van der Waals surface area (Å²) in [5.74, 6) is -0.533. The molecule has 1 aliphatic rings. The number of benzene rings is 2. The van der Waals surface area contributed by atoms with Crippen LogP contribution in [0.4, 0.5) is 0 Å². The van der Waals surface area contributed by atoms with E-state index in [2.05, 4.69) is 0 Å². The van der Waals surface area contributed by atoms with Gasteiger partial charge < -0.3 is 9.84 Å². The average molecular weight is 387 g/mol. The Balaban J connectivity index is 2.01. The predicted octanol–water partition coefficient (Wildman–Crippen LogP) is 3.91. The molecule has 26 heavy (non-hydrogen) atoms. The zero-order valence-corrected chi connectivity index (χ0v) is 15.7. The number of amides is 1. The smallest absolute Gasteiger partial charge is 0.305 e. The second kappa shape index (κ2) is 7.88. The lowest BCUT2D eigenvalue weighted by atomic mass is 10.0. The molecule has 5 nitrogen and oxygen atoms in total. The summed E-state index contributed by atoms with van der Waals surface area (Å²) in [6.07, 6.45) is 1.64. The number of carbonyl (C=O) groups excluding carboxylic acids is 1. The van der Waals surface area contributed by atoms with Crippen LogP contribution in [0.1, 0.15) is 18.9 Å². The Morgan fingerprint density at radius 1 is 1.31 bits per heavy atom. The number of nitrogens with zero attached hydrogens (tertiary/aromatic N) is 1. The first kappa shape index (κ1) is 18.4. The highest BCUT2D eigenvalue weighted by Crippen LogP contribution is 2.37. The molecule has 3 rings (SSSR count). The molecule has 1 amide bonds. The zero-order chi connectivity index (χ0) is 18.7. The lowest BCUT2D eigenvalue weighted by Crippen LogP contribution is -2.30. The first-order chi connectivity index (χ1) is 12.5. The normalized spacial score (nSPS) is 15.9. The molecule has 0 aromatic heterocycles. The number of hydrogen-bond donors (Lipinski definition) is 1. The van der Waals surface area contributed by atoms with Gasteiger partial charge in [0.2, 0.25) is 0 Å². The molecule has 2 aromatic carbocycles. The van der Waals surface area contributed by atoms with E-state index in [1.807, 2.05) is 43.3 Å². The first-order valence-corrected chi connectivity index (χ1v) is 9.35. The topological polar surface area (TPSA) is 66.8 Å². The molecule has 0 radical (unpaired) electrons. The number of thioether (sulfide) groups is 1. The Kier molecular flexibility index (Phi) is 5.58. The fraction of sp³-hybridized carbons (Fsp3) is 0.211. The number of carbonyl (C=O) groups is 2. The summed E-state index contributed by atoms with van der Waals surface area (Å²) < 4.78 is 6.11. The highest BCUT2D eigenvalue weighted by Gasteiger charge is 2.32. The molecule has 7 heteroatoms. The molecule has 0 spiro atoms. The van der Waals surface area contributed by atoms with Crippen molar-refractivity contribution < 1.29 is 19.4 Å². The van der Waals surface area contributed by atoms with Gasteiger partial charge in [0, 0.05) is 12.1 Å². The van der Waals surface area contributed by atoms with E-state index in [0.29, 0.717) is 21.6 Å². The largest absolute Gasteiger partial charge is 0.493 e. The molecule has 0 unspecified atom stereocenters. The van der Waals surface area contributed by atoms with Crippen molar-refractivity contribution in [1.29, 1.82) is 0 Å². The Bertz CT molecular complexity index is 923. The number of aliphatic carboxylic acids is 1. The molecular formula is C19H17NO4S2. The molecular weight excluding hydrogens is 370 g/mol. The Morgan fingerprint density at radius 3 is 2.81 bits per heavy atom. The maximum atomic E-state index is 12.7. The van der Waals surface area contributed by atoms with Crippen molar-refractivity contribution in [3.8, 4) is 5.75 Å². The number of rotatable bonds is 6. The number of carboxylic acid groups (broad SMARTS) is 1. The molecule has 134 valence electrons. The minimum atomic E-state index is -0.962. The van der Waals surface area contributed by atoms with E-state index >= 15 is 0 Å². The van der Waals surface area contributed by atoms with Crippen LogP contribution in [0.25, 0.3) is 16.8 Å². The number of hydrogen-bond acceptors (Lipinski definition) is 5. The maximum absolute atomic E-state index is 12.7. The van der Waals surface area contributed by atoms with Crippen molar-refractivity contribution in [2.75, 3.05) is 13.2 Å². The van der Waals surface area contributed by atoms with Gasteiger partial charge in [-0.05, 0) is 29.8 Å². The molecule has 0 atom stereocenters. The van der Waals surface area contributed by atoms with Gasteiger partial charge in [-0.15, -0.1) is 0 Å². The van der Waals surface area contributed by atoms with Gasteiger partial charge in [-0.2, -0.15) is 0 Å². The van der Waals surface area contributed by atoms with Crippen LogP contribution in [-0.4, -0.2) is 39.4 Å². The Hall–Kier alpha value is -2.38. The minimum Gasteiger partial charge on any atom is -0.493 e. The van der Waals surface area contributed by atoms with E-state index < -0.39 is 5.97 Å². The van der Waals surface area contributed by atoms with E-state index in [-0.39, 0.29) is 18.9 Å². The van der Waals surface area contributed by atoms with Crippen molar-refractivity contribution in [3.05, 3.63) is 46.9 Å². The molecule has 1 N–H and O–H groups in total. The van der Waals surface area contributed by atoms with Crippen LogP contribution in [0.3, 0.4) is 0 Å². The van der Waals surface area contributed by atoms with Gasteiger partial charge in [-0.1, -0.05) is 54.3 Å². The van der Waals surface area contributed by atoms with Crippen LogP contribution < -0.4 is 4.74 Å². The molecule has 2 aromatic rings. The van der Waals surface area contributed by atoms with Crippen molar-refractivity contribution >= 4 is 57.0 Å². The first-order valence-electron chi connectivity index (χ1n) is 8.13. The van der Waals surface area contributed by atoms with Crippen molar-refractivity contribution in [3.63, 3.8) is 0 Å². The zero-order valence-electron chi connectivity index (χ0n) is 14.1. The van der Waals surface area contributed by atoms with Crippen LogP contribution >= 0.6 is 24.0 Å². The fourth-order valence-corrected chi connectivity index (χ4v) is 4.03. The van der Waals surface area contributed by atoms with Crippen LogP contribution in [0.15, 0.2) is 41.3 Å². The van der Waals surface area contributed by atoms with E-state index in [0.717, 1.165) is 16.3 Å². The molecule has 1 heterocycles. The van der Waals surface area contributed by atoms with Gasteiger partial charge in [-0.3, -0.25) is 14.5 Å². The second-order valence-electron chi connectivity index (χ2n) is 5.61. The average Bonchev–Trinajstić information content (AvgIpc) is 2.88. The summed E-state index contributed by atoms with van der Waals surface area (Å²) in [6.45, 7) is 2.49. The lowest BCUT2D eigenvalue weighted by molar-refractivity contribution is -0.137. The molecule has 0 aliphatic carbocycles. The summed E-state index contributed by atoms with van der Waals surface area (Å²) in [7, 11) is 0. The second-order valence-corrected chi connectivity index (χ2v) is 7.28. The lowest BCUT2D eigenvalue weighted by Gasteiger charge is -2.13. The summed E-state index contributed by atoms with van der Waals surface area (Å²) in [5, 5.41) is 10.9. The van der Waals surface area contributed by atoms with Crippen molar-refractivity contribution in [2.45, 2.75) is 13.3 Å². The van der Waals surface area contributed by atoms with Crippen molar-refractivity contribution in [1.82, 2.24) is 4.90 Å². The van der Waals surface area contributed by atoms with Crippen molar-refractivity contribution in [2.24, 2.45) is 0 Å². The van der Waals surface area contributed by atoms with Gasteiger partial charge >= 0.3 is 5.97 Å². The molecule has 0 bridgehead atoms. The van der Waals surface area contributed by atoms with E-state index in [1.165, 1.54) is 16.7 Å². The minimum absolute atomic E-state index is 0.0746. The highest BCUT2D eigenvalue weighted by atomic mass is 32.2. The molecule has 1 fully saturated rings. The highest BCUT2D eigenvalue weighted by molar-refractivity contribution is 8.26. The summed E-state index contributed by atoms with van der Waals surface area (Å²) in [6, 6.07) is 11.7. The monoisotopic (exact) mass is 387 g/mol. The summed E-state index contributed by atoms with van der Waals surface area (Å²) in [4.78, 5) is 25.2. The third kappa shape index (κ3) is 3.73. The summed E-state index contributed by atoms with van der Waals surface area (Å²) in [5.41, 5.74) is 0.823. The SMILES string of the molecule is CCOc1ccc2ccccc2c1C=C1SC(=S)N(CCC(=O)O)C1=O. The quantitative estimate of drug-likeness (QED) is 0.599. The van der Waals surface area contributed by atoms with E-state index in [9.17, 15) is 9.59 Å². The summed E-state index contributed by atoms with van der Waals surface area (Å²) >= 11 is 6.43. The van der Waals surface area contributed by atoms with Gasteiger partial charge in [0.15, 0.2) is 0 Å². The van der Waals surface area contributed by atoms with Crippen LogP contribution in [0, 0.1) is 0 Å². The third-order valence-corrected chi connectivity index (χ3v) is 5.31. The molecule has 0 saturated carbocycles. The molecule has 1 aliphatic heterocycles. The predicted molar refractivity (Wildman–Crippen MR) is 107 cm³/mol. The number of thiocarbonyl (C=S) groups is 1. The Labute approximate surface area is 160 Å². The Morgan fingerprint density at radius 2 is 2.08 bits per heavy atom. The molecule has 1 saturated heterocycles. The van der Waals surface area contributed by atoms with E-state index in [4.69, 9.17) is 22.1 Å². The van der Waals surface area contributed by atoms with Gasteiger partial charge in [0.05, 0.1) is 17.9 Å². The van der Waals surface area contributed by atoms with Crippen LogP contribution in [0.5, 0.6) is 5.75 Å². The number of fused-ring (bicyclic) bond motifs is 1. The standard InChI is InChI=1S/C19H17NO4S2/c1-2-24-15-8-7-12-5-3-4-6-13(12)14(15)11-16-18(23)20(19(25)26-16)10-9-17(21)22/h3-8,11H,2,9-10H2,1H3,(H,21,22). The van der Waals surface area contributed by atoms with Crippen LogP contribution in [-0.2, 0) is 9.59 Å². The van der Waals surface area contributed by atoms with Crippen LogP contribution in [0.2, 0.25) is 0 Å². The fourth-order valence-electron chi connectivity index (χ4n) is 2.74. The third-order valence-electron chi connectivity index (χ3n) is 3.93. The van der Waals surface area contributed by atoms with Gasteiger partial charge in [0.25, 0.3) is 5.91 Å². The van der Waals surface area contributed by atoms with E-state index in [1.54, 1.807) is 6.08 Å². The van der Waals surface area contributed by atoms with Gasteiger partial charge in [0.1, 0.15) is 10.1 Å². The van der Waals surface area contributed by atoms with Gasteiger partial charge in [-0.25, -0.2) is 0 Å². The maximum Gasteiger partial charge on any atom is 0.305 e.